The molecule has 1 aromatic heterocycles. The number of hydrogen-bond acceptors (Lipinski definition) is 3. The third kappa shape index (κ3) is 6.69. The minimum absolute atomic E-state index is 0. The van der Waals surface area contributed by atoms with E-state index in [-0.39, 0.29) is 29.5 Å². The lowest BCUT2D eigenvalue weighted by Gasteiger charge is -2.27. The van der Waals surface area contributed by atoms with Crippen molar-refractivity contribution in [2.24, 2.45) is 4.99 Å². The standard InChI is InChI=1S/C19H26F2N4S.HI/c1-13(14-8-9-26-12-14)10-23-19(22-2)24-11-17(25(3)4)18-15(20)6-5-7-16(18)21;/h5-9,12-13,17H,10-11H2,1-4H3,(H2,22,23,24);1H. The number of guanidine groups is 1. The Hall–Kier alpha value is -1.26. The third-order valence-corrected chi connectivity index (χ3v) is 5.03. The van der Waals surface area contributed by atoms with Gasteiger partial charge in [0.15, 0.2) is 5.96 Å². The van der Waals surface area contributed by atoms with Gasteiger partial charge in [0.1, 0.15) is 11.6 Å². The van der Waals surface area contributed by atoms with E-state index < -0.39 is 17.7 Å². The highest BCUT2D eigenvalue weighted by Gasteiger charge is 2.22. The summed E-state index contributed by atoms with van der Waals surface area (Å²) < 4.78 is 28.3. The topological polar surface area (TPSA) is 39.7 Å². The maximum absolute atomic E-state index is 14.1. The van der Waals surface area contributed by atoms with Gasteiger partial charge in [-0.25, -0.2) is 8.78 Å². The van der Waals surface area contributed by atoms with E-state index in [9.17, 15) is 8.78 Å². The predicted octanol–water partition coefficient (Wildman–Crippen LogP) is 4.22. The van der Waals surface area contributed by atoms with Gasteiger partial charge in [-0.2, -0.15) is 11.3 Å². The first-order valence-electron chi connectivity index (χ1n) is 8.51. The number of halogens is 3. The summed E-state index contributed by atoms with van der Waals surface area (Å²) >= 11 is 1.68. The molecule has 2 atom stereocenters. The van der Waals surface area contributed by atoms with Crippen LogP contribution in [0.5, 0.6) is 0 Å². The van der Waals surface area contributed by atoms with Gasteiger partial charge < -0.3 is 15.5 Å². The molecule has 2 rings (SSSR count). The summed E-state index contributed by atoms with van der Waals surface area (Å²) in [6, 6.07) is 5.59. The van der Waals surface area contributed by atoms with Gasteiger partial charge in [0.05, 0.1) is 6.04 Å². The molecule has 0 saturated heterocycles. The minimum atomic E-state index is -0.542. The molecule has 0 saturated carbocycles. The molecule has 2 N–H and O–H groups in total. The number of nitrogens with one attached hydrogen (secondary N) is 2. The van der Waals surface area contributed by atoms with E-state index >= 15 is 0 Å². The van der Waals surface area contributed by atoms with Gasteiger partial charge in [0, 0.05) is 25.7 Å². The molecule has 150 valence electrons. The smallest absolute Gasteiger partial charge is 0.191 e. The lowest BCUT2D eigenvalue weighted by molar-refractivity contribution is 0.282. The van der Waals surface area contributed by atoms with Crippen molar-refractivity contribution < 1.29 is 8.78 Å². The molecule has 0 fully saturated rings. The van der Waals surface area contributed by atoms with Crippen LogP contribution in [0.3, 0.4) is 0 Å². The molecule has 2 unspecified atom stereocenters. The highest BCUT2D eigenvalue weighted by molar-refractivity contribution is 14.0. The number of benzene rings is 1. The molecule has 1 aromatic carbocycles. The second kappa shape index (κ2) is 11.6. The summed E-state index contributed by atoms with van der Waals surface area (Å²) in [4.78, 5) is 5.99. The Labute approximate surface area is 181 Å². The number of rotatable bonds is 7. The third-order valence-electron chi connectivity index (χ3n) is 4.33. The van der Waals surface area contributed by atoms with Crippen LogP contribution in [0.25, 0.3) is 0 Å². The molecule has 8 heteroatoms. The molecule has 0 aliphatic carbocycles. The average molecular weight is 508 g/mol. The van der Waals surface area contributed by atoms with Gasteiger partial charge in [0.25, 0.3) is 0 Å². The second-order valence-corrected chi connectivity index (χ2v) is 7.19. The molecule has 0 radical (unpaired) electrons. The van der Waals surface area contributed by atoms with Crippen LogP contribution in [0.2, 0.25) is 0 Å². The zero-order valence-corrected chi connectivity index (χ0v) is 19.1. The van der Waals surface area contributed by atoms with Gasteiger partial charge in [-0.1, -0.05) is 13.0 Å². The first-order chi connectivity index (χ1) is 12.4. The average Bonchev–Trinajstić information content (AvgIpc) is 3.14. The normalized spacial score (nSPS) is 13.8. The van der Waals surface area contributed by atoms with Crippen LogP contribution in [0.15, 0.2) is 40.0 Å². The molecular weight excluding hydrogens is 481 g/mol. The Bertz CT molecular complexity index is 702. The second-order valence-electron chi connectivity index (χ2n) is 6.41. The van der Waals surface area contributed by atoms with E-state index in [1.54, 1.807) is 37.4 Å². The van der Waals surface area contributed by atoms with E-state index in [4.69, 9.17) is 0 Å². The fourth-order valence-electron chi connectivity index (χ4n) is 2.71. The molecule has 4 nitrogen and oxygen atoms in total. The van der Waals surface area contributed by atoms with E-state index in [1.165, 1.54) is 23.8 Å². The van der Waals surface area contributed by atoms with Gasteiger partial charge in [-0.15, -0.1) is 24.0 Å². The van der Waals surface area contributed by atoms with E-state index in [0.29, 0.717) is 18.4 Å². The summed E-state index contributed by atoms with van der Waals surface area (Å²) in [6.45, 7) is 3.19. The molecule has 0 bridgehead atoms. The SMILES string of the molecule is CN=C(NCC(C)c1ccsc1)NCC(c1c(F)cccc1F)N(C)C.I. The Morgan fingerprint density at radius 2 is 1.78 bits per heavy atom. The van der Waals surface area contributed by atoms with Crippen molar-refractivity contribution in [2.45, 2.75) is 18.9 Å². The molecule has 0 amide bonds. The van der Waals surface area contributed by atoms with Crippen molar-refractivity contribution in [1.82, 2.24) is 15.5 Å². The predicted molar refractivity (Wildman–Crippen MR) is 120 cm³/mol. The summed E-state index contributed by atoms with van der Waals surface area (Å²) in [5.74, 6) is -0.136. The first kappa shape index (κ1) is 23.8. The van der Waals surface area contributed by atoms with Crippen LogP contribution < -0.4 is 10.6 Å². The van der Waals surface area contributed by atoms with Crippen molar-refractivity contribution in [3.05, 3.63) is 57.8 Å². The van der Waals surface area contributed by atoms with Gasteiger partial charge in [0.2, 0.25) is 0 Å². The van der Waals surface area contributed by atoms with Crippen molar-refractivity contribution in [3.8, 4) is 0 Å². The molecule has 0 aliphatic rings. The molecule has 0 spiro atoms. The lowest BCUT2D eigenvalue weighted by Crippen LogP contribution is -2.43. The molecule has 1 heterocycles. The minimum Gasteiger partial charge on any atom is -0.356 e. The molecule has 27 heavy (non-hydrogen) atoms. The Morgan fingerprint density at radius 1 is 1.15 bits per heavy atom. The fourth-order valence-corrected chi connectivity index (χ4v) is 3.49. The van der Waals surface area contributed by atoms with Crippen LogP contribution >= 0.6 is 35.3 Å². The Balaban J connectivity index is 0.00000364. The summed E-state index contributed by atoms with van der Waals surface area (Å²) in [6.07, 6.45) is 0. The van der Waals surface area contributed by atoms with Crippen molar-refractivity contribution in [3.63, 3.8) is 0 Å². The fraction of sp³-hybridized carbons (Fsp3) is 0.421. The van der Waals surface area contributed by atoms with Crippen LogP contribution in [-0.4, -0.2) is 45.1 Å². The van der Waals surface area contributed by atoms with Gasteiger partial charge in [-0.3, -0.25) is 4.99 Å². The highest BCUT2D eigenvalue weighted by Crippen LogP contribution is 2.24. The number of thiophene rings is 1. The molecule has 0 aliphatic heterocycles. The largest absolute Gasteiger partial charge is 0.356 e. The lowest BCUT2D eigenvalue weighted by atomic mass is 10.0. The van der Waals surface area contributed by atoms with E-state index in [2.05, 4.69) is 39.4 Å². The van der Waals surface area contributed by atoms with Crippen LogP contribution in [0, 0.1) is 11.6 Å². The first-order valence-corrected chi connectivity index (χ1v) is 9.45. The Kier molecular flexibility index (Phi) is 10.2. The number of aliphatic imine (C=N–C) groups is 1. The monoisotopic (exact) mass is 508 g/mol. The summed E-state index contributed by atoms with van der Waals surface area (Å²) in [7, 11) is 5.28. The molecular formula is C19H27F2IN4S. The zero-order chi connectivity index (χ0) is 19.1. The van der Waals surface area contributed by atoms with E-state index in [1.807, 2.05) is 0 Å². The van der Waals surface area contributed by atoms with Crippen molar-refractivity contribution in [1.29, 1.82) is 0 Å². The zero-order valence-electron chi connectivity index (χ0n) is 16.0. The van der Waals surface area contributed by atoms with E-state index in [0.717, 1.165) is 6.54 Å². The van der Waals surface area contributed by atoms with Crippen molar-refractivity contribution in [2.75, 3.05) is 34.2 Å². The van der Waals surface area contributed by atoms with Crippen LogP contribution in [0.1, 0.15) is 30.0 Å². The quantitative estimate of drug-likeness (QED) is 0.335. The van der Waals surface area contributed by atoms with Gasteiger partial charge in [-0.05, 0) is 54.5 Å². The number of hydrogen-bond donors (Lipinski definition) is 2. The summed E-state index contributed by atoms with van der Waals surface area (Å²) in [5.41, 5.74) is 1.34. The van der Waals surface area contributed by atoms with Crippen molar-refractivity contribution >= 4 is 41.3 Å². The summed E-state index contributed by atoms with van der Waals surface area (Å²) in [5, 5.41) is 10.6. The highest BCUT2D eigenvalue weighted by atomic mass is 127. The molecule has 2 aromatic rings. The maximum atomic E-state index is 14.1. The van der Waals surface area contributed by atoms with Crippen LogP contribution in [0.4, 0.5) is 8.78 Å². The maximum Gasteiger partial charge on any atom is 0.191 e. The number of nitrogens with zero attached hydrogens (tertiary/aromatic N) is 2. The van der Waals surface area contributed by atoms with Gasteiger partial charge >= 0.3 is 0 Å². The number of likely N-dealkylation sites (N-methyl/N-ethyl adjacent to an activating group) is 1. The Morgan fingerprint density at radius 3 is 2.30 bits per heavy atom. The van der Waals surface area contributed by atoms with Crippen LogP contribution in [-0.2, 0) is 0 Å².